The van der Waals surface area contributed by atoms with Crippen molar-refractivity contribution in [3.8, 4) is 0 Å². The summed E-state index contributed by atoms with van der Waals surface area (Å²) in [5, 5.41) is 94.2. The third-order valence-corrected chi connectivity index (χ3v) is 11.2. The number of aromatic nitrogens is 2. The minimum atomic E-state index is -5.62. The van der Waals surface area contributed by atoms with Gasteiger partial charge in [-0.15, -0.1) is 0 Å². The number of aliphatic hydroxyl groups is 5. The number of benzene rings is 1. The molecule has 352 valence electrons. The van der Waals surface area contributed by atoms with Gasteiger partial charge in [0, 0.05) is 43.2 Å². The Labute approximate surface area is 358 Å². The van der Waals surface area contributed by atoms with Gasteiger partial charge < -0.3 is 105 Å². The van der Waals surface area contributed by atoms with E-state index in [0.717, 1.165) is 0 Å². The quantitative estimate of drug-likeness (QED) is 0.0437. The lowest BCUT2D eigenvalue weighted by molar-refractivity contribution is -0.311. The van der Waals surface area contributed by atoms with Crippen molar-refractivity contribution in [1.82, 2.24) is 15.3 Å². The highest BCUT2D eigenvalue weighted by atomic mass is 31.2. The van der Waals surface area contributed by atoms with E-state index in [2.05, 4.69) is 29.6 Å². The molecule has 13 atom stereocenters. The van der Waals surface area contributed by atoms with E-state index < -0.39 is 126 Å². The van der Waals surface area contributed by atoms with Gasteiger partial charge in [0.05, 0.1) is 37.4 Å². The van der Waals surface area contributed by atoms with E-state index in [4.69, 9.17) is 15.2 Å². The van der Waals surface area contributed by atoms with E-state index in [0.29, 0.717) is 22.8 Å². The van der Waals surface area contributed by atoms with Crippen LogP contribution in [0.3, 0.4) is 0 Å². The number of aliphatic carboxylic acids is 3. The molecule has 1 fully saturated rings. The zero-order valence-corrected chi connectivity index (χ0v) is 35.0. The lowest BCUT2D eigenvalue weighted by Gasteiger charge is -2.43. The molecule has 1 aromatic heterocycles. The smallest absolute Gasteiger partial charge is 0.278 e. The molecule has 26 nitrogen and oxygen atoms in total. The Hall–Kier alpha value is -4.99. The topological polar surface area (TPSA) is 427 Å². The maximum atomic E-state index is 12.6. The highest BCUT2D eigenvalue weighted by molar-refractivity contribution is 7.45. The molecule has 1 saturated heterocycles. The summed E-state index contributed by atoms with van der Waals surface area (Å²) in [5.74, 6) is -6.51. The first-order valence-electron chi connectivity index (χ1n) is 19.4. The first kappa shape index (κ1) is 50.7. The standard InChI is InChI=1S/C36H54N7O19P/c1-15(26-16(2)39-31-27(43(26)3)33(54)42-36(37)41-31)38-18-6-4-17(5-7-18)12-20(44)28(50)21(45)13-59-35-30(52)29(51)23(61-35)14-60-63(57,58)62-22(9-11-25(48)49)32(53)40-19(34(55)56)8-10-24(46)47/h4-7,15-16,19-23,26,28-30,35,38,44-45,50-52H,8-14H2,1-3H3,(H,40,53)(H,46,47)(H,48,49)(H,55,56)(H,57,58)(H4,37,39,41,42,54)/p-4/t15-,16+,19+,20+,21-,22+,23-,26+,28+,29-,30-,35+/m1/s1. The third kappa shape index (κ3) is 14.0. The number of H-pyrrole nitrogens is 1. The first-order chi connectivity index (χ1) is 29.5. The second-order valence-electron chi connectivity index (χ2n) is 15.0. The number of nitrogen functional groups attached to an aromatic ring is 1. The van der Waals surface area contributed by atoms with Gasteiger partial charge in [-0.3, -0.25) is 19.1 Å². The number of phosphoric acid groups is 1. The Morgan fingerprint density at radius 3 is 2.29 bits per heavy atom. The van der Waals surface area contributed by atoms with Crippen molar-refractivity contribution in [1.29, 1.82) is 0 Å². The second-order valence-corrected chi connectivity index (χ2v) is 16.4. The van der Waals surface area contributed by atoms with Crippen LogP contribution in [0, 0.1) is 0 Å². The molecule has 1 aromatic carbocycles. The number of anilines is 4. The summed E-state index contributed by atoms with van der Waals surface area (Å²) < 4.78 is 32.5. The Kier molecular flexibility index (Phi) is 17.7. The van der Waals surface area contributed by atoms with Crippen LogP contribution in [-0.2, 0) is 48.7 Å². The van der Waals surface area contributed by atoms with Crippen molar-refractivity contribution < 1.29 is 88.0 Å². The summed E-state index contributed by atoms with van der Waals surface area (Å²) in [6.45, 7) is 2.02. The van der Waals surface area contributed by atoms with Gasteiger partial charge in [0.15, 0.2) is 12.1 Å². The maximum Gasteiger partial charge on any atom is 0.278 e. The minimum absolute atomic E-state index is 0.00805. The number of hydrogen-bond donors (Lipinski definition) is 10. The predicted molar refractivity (Wildman–Crippen MR) is 206 cm³/mol. The van der Waals surface area contributed by atoms with Gasteiger partial charge >= 0.3 is 0 Å². The van der Waals surface area contributed by atoms with Gasteiger partial charge in [0.25, 0.3) is 13.4 Å². The number of nitrogens with one attached hydrogen (secondary N) is 4. The molecule has 0 radical (unpaired) electrons. The van der Waals surface area contributed by atoms with Crippen LogP contribution in [0.25, 0.3) is 0 Å². The average molecular weight is 916 g/mol. The number of aliphatic hydroxyl groups excluding tert-OH is 5. The van der Waals surface area contributed by atoms with Gasteiger partial charge in [0.2, 0.25) is 11.9 Å². The molecule has 27 heteroatoms. The zero-order chi connectivity index (χ0) is 46.9. The van der Waals surface area contributed by atoms with Crippen molar-refractivity contribution in [2.75, 3.05) is 41.5 Å². The third-order valence-electron chi connectivity index (χ3n) is 10.2. The molecule has 0 saturated carbocycles. The van der Waals surface area contributed by atoms with Crippen molar-refractivity contribution in [3.05, 3.63) is 40.2 Å². The van der Waals surface area contributed by atoms with E-state index >= 15 is 0 Å². The molecule has 2 aliphatic heterocycles. The molecule has 2 aromatic rings. The van der Waals surface area contributed by atoms with E-state index in [-0.39, 0.29) is 36.1 Å². The number of aromatic amines is 1. The van der Waals surface area contributed by atoms with Crippen LogP contribution in [0.4, 0.5) is 23.1 Å². The van der Waals surface area contributed by atoms with Crippen LogP contribution in [0.1, 0.15) is 45.1 Å². The predicted octanol–water partition coefficient (Wildman–Crippen LogP) is -7.27. The summed E-state index contributed by atoms with van der Waals surface area (Å²) in [5.41, 5.74) is 6.93. The summed E-state index contributed by atoms with van der Waals surface area (Å²) in [6, 6.07) is 4.34. The molecule has 0 bridgehead atoms. The van der Waals surface area contributed by atoms with Crippen LogP contribution in [0.15, 0.2) is 29.1 Å². The fraction of sp³-hybridized carbons (Fsp3) is 0.611. The number of carbonyl (C=O) groups excluding carboxylic acids is 4. The second kappa shape index (κ2) is 22.1. The summed E-state index contributed by atoms with van der Waals surface area (Å²) in [6.07, 6.45) is -18.0. The number of ether oxygens (including phenoxy) is 2. The van der Waals surface area contributed by atoms with Gasteiger partial charge in [-0.05, 0) is 57.2 Å². The summed E-state index contributed by atoms with van der Waals surface area (Å²) in [7, 11) is -3.85. The Balaban J connectivity index is 1.25. The molecule has 2 aliphatic rings. The van der Waals surface area contributed by atoms with Crippen molar-refractivity contribution >= 4 is 54.8 Å². The number of carbonyl (C=O) groups is 4. The fourth-order valence-electron chi connectivity index (χ4n) is 7.06. The van der Waals surface area contributed by atoms with E-state index in [9.17, 15) is 74.3 Å². The van der Waals surface area contributed by atoms with Gasteiger partial charge in [-0.1, -0.05) is 12.1 Å². The normalized spacial score (nSPS) is 24.7. The summed E-state index contributed by atoms with van der Waals surface area (Å²) in [4.78, 5) is 79.4. The molecule has 11 N–H and O–H groups in total. The number of amides is 1. The van der Waals surface area contributed by atoms with Crippen molar-refractivity contribution in [2.45, 2.75) is 119 Å². The fourth-order valence-corrected chi connectivity index (χ4v) is 7.96. The number of carboxylic acids is 3. The molecule has 1 amide bonds. The molecule has 3 heterocycles. The number of fused-ring (bicyclic) bond motifs is 1. The average Bonchev–Trinajstić information content (AvgIpc) is 3.46. The van der Waals surface area contributed by atoms with Crippen LogP contribution >= 0.6 is 7.82 Å². The highest BCUT2D eigenvalue weighted by Gasteiger charge is 2.45. The van der Waals surface area contributed by atoms with E-state index in [1.807, 2.05) is 18.7 Å². The number of carboxylic acid groups (broad SMARTS) is 3. The van der Waals surface area contributed by atoms with Gasteiger partial charge in [0.1, 0.15) is 42.3 Å². The highest BCUT2D eigenvalue weighted by Crippen LogP contribution is 2.42. The summed E-state index contributed by atoms with van der Waals surface area (Å²) >= 11 is 0. The molecule has 0 spiro atoms. The number of nitrogens with two attached hydrogens (primary N) is 1. The molecule has 4 rings (SSSR count). The van der Waals surface area contributed by atoms with Crippen molar-refractivity contribution in [3.63, 3.8) is 0 Å². The van der Waals surface area contributed by atoms with E-state index in [1.54, 1.807) is 36.6 Å². The number of nitrogens with zero attached hydrogens (tertiary/aromatic N) is 2. The lowest BCUT2D eigenvalue weighted by atomic mass is 9.97. The minimum Gasteiger partial charge on any atom is -0.756 e. The number of hydrogen-bond acceptors (Lipinski definition) is 24. The van der Waals surface area contributed by atoms with E-state index in [1.165, 1.54) is 0 Å². The zero-order valence-electron chi connectivity index (χ0n) is 34.1. The van der Waals surface area contributed by atoms with Gasteiger partial charge in [-0.2, -0.15) is 4.98 Å². The monoisotopic (exact) mass is 915 g/mol. The van der Waals surface area contributed by atoms with Gasteiger partial charge in [-0.25, -0.2) is 0 Å². The lowest BCUT2D eigenvalue weighted by Crippen LogP contribution is -2.57. The van der Waals surface area contributed by atoms with Crippen LogP contribution in [0.5, 0.6) is 0 Å². The Bertz CT molecular complexity index is 2010. The van der Waals surface area contributed by atoms with Crippen LogP contribution in [-0.4, -0.2) is 153 Å². The number of rotatable bonds is 24. The molecule has 1 unspecified atom stereocenters. The first-order valence-corrected chi connectivity index (χ1v) is 20.9. The maximum absolute atomic E-state index is 12.6. The Morgan fingerprint density at radius 1 is 1.03 bits per heavy atom. The SMILES string of the molecule is C[C@@H]1Nc2nc(N)[nH]c(=O)c2N(C)[C@H]1[C@@H](C)Nc1ccc(C[C@H](O)[C@H](O)[C@H](O)CO[C@H]2O[C@H](COP(=O)([O-])O[C@@H](CCC(=O)[O-])C(=O)N[C@@H](CCC(=O)[O-])C(=O)[O-])[C@@H](O)[C@H]2O)cc1. The number of likely N-dealkylation sites (N-methyl/N-ethyl adjacent to an activating group) is 1. The molecular formula is C36H50N7O19P-4. The molecule has 0 aliphatic carbocycles. The van der Waals surface area contributed by atoms with Crippen LogP contribution < -0.4 is 52.4 Å². The Morgan fingerprint density at radius 2 is 1.67 bits per heavy atom. The van der Waals surface area contributed by atoms with Crippen LogP contribution in [0.2, 0.25) is 0 Å². The molecule has 63 heavy (non-hydrogen) atoms. The number of phosphoric ester groups is 1. The largest absolute Gasteiger partial charge is 0.756 e. The molecular weight excluding hydrogens is 865 g/mol. The van der Waals surface area contributed by atoms with Crippen molar-refractivity contribution in [2.24, 2.45) is 0 Å².